The van der Waals surface area contributed by atoms with E-state index in [0.29, 0.717) is 11.8 Å². The second-order valence-corrected chi connectivity index (χ2v) is 4.64. The number of fused-ring (bicyclic) bond motifs is 1. The molecule has 6 heteroatoms. The average molecular weight is 289 g/mol. The number of hydrogen-bond donors (Lipinski definition) is 1. The summed E-state index contributed by atoms with van der Waals surface area (Å²) in [5, 5.41) is 3.13. The molecule has 3 heterocycles. The molecular weight excluding hydrogens is 278 g/mol. The van der Waals surface area contributed by atoms with Gasteiger partial charge in [0.15, 0.2) is 5.58 Å². The Balaban J connectivity index is 1.69. The highest BCUT2D eigenvalue weighted by atomic mass is 16.3. The van der Waals surface area contributed by atoms with Crippen molar-refractivity contribution in [2.75, 3.05) is 5.32 Å². The first-order valence-electron chi connectivity index (χ1n) is 6.73. The fourth-order valence-electron chi connectivity index (χ4n) is 2.11. The van der Waals surface area contributed by atoms with Crippen molar-refractivity contribution >= 4 is 22.7 Å². The van der Waals surface area contributed by atoms with E-state index in [2.05, 4.69) is 25.3 Å². The number of benzene rings is 1. The molecule has 0 aliphatic carbocycles. The predicted octanol–water partition coefficient (Wildman–Crippen LogP) is 3.42. The van der Waals surface area contributed by atoms with Crippen LogP contribution in [0.5, 0.6) is 0 Å². The standard InChI is InChI=1S/C16H11N5O/c1-3-11(10-17-6-1)15-21-13-9-12(4-5-14(13)22-15)20-16-18-7-2-8-19-16/h1-10H,(H,18,19,20). The SMILES string of the molecule is c1cnc(Nc2ccc3oc(-c4cccnc4)nc3c2)nc1. The summed E-state index contributed by atoms with van der Waals surface area (Å²) in [6.07, 6.45) is 6.81. The van der Waals surface area contributed by atoms with E-state index >= 15 is 0 Å². The van der Waals surface area contributed by atoms with E-state index in [1.807, 2.05) is 30.3 Å². The van der Waals surface area contributed by atoms with Gasteiger partial charge in [0.2, 0.25) is 11.8 Å². The average Bonchev–Trinajstić information content (AvgIpc) is 3.00. The van der Waals surface area contributed by atoms with E-state index in [4.69, 9.17) is 4.42 Å². The molecule has 0 radical (unpaired) electrons. The van der Waals surface area contributed by atoms with Gasteiger partial charge in [-0.3, -0.25) is 4.98 Å². The second-order valence-electron chi connectivity index (χ2n) is 4.64. The zero-order valence-electron chi connectivity index (χ0n) is 11.5. The van der Waals surface area contributed by atoms with Gasteiger partial charge < -0.3 is 9.73 Å². The maximum Gasteiger partial charge on any atom is 0.228 e. The van der Waals surface area contributed by atoms with Crippen molar-refractivity contribution in [1.29, 1.82) is 0 Å². The monoisotopic (exact) mass is 289 g/mol. The van der Waals surface area contributed by atoms with Crippen molar-refractivity contribution in [3.05, 3.63) is 61.2 Å². The number of aromatic nitrogens is 4. The third-order valence-corrected chi connectivity index (χ3v) is 3.12. The minimum absolute atomic E-state index is 0.540. The first-order valence-corrected chi connectivity index (χ1v) is 6.73. The van der Waals surface area contributed by atoms with Crippen LogP contribution in [0.2, 0.25) is 0 Å². The van der Waals surface area contributed by atoms with Crippen LogP contribution in [0.15, 0.2) is 65.6 Å². The van der Waals surface area contributed by atoms with E-state index in [0.717, 1.165) is 22.4 Å². The Morgan fingerprint density at radius 2 is 1.86 bits per heavy atom. The van der Waals surface area contributed by atoms with Crippen LogP contribution in [0, 0.1) is 0 Å². The van der Waals surface area contributed by atoms with Crippen molar-refractivity contribution in [3.8, 4) is 11.5 Å². The van der Waals surface area contributed by atoms with Gasteiger partial charge in [-0.25, -0.2) is 15.0 Å². The molecule has 0 saturated carbocycles. The lowest BCUT2D eigenvalue weighted by atomic mass is 10.3. The lowest BCUT2D eigenvalue weighted by molar-refractivity contribution is 0.619. The molecule has 6 nitrogen and oxygen atoms in total. The largest absolute Gasteiger partial charge is 0.436 e. The number of rotatable bonds is 3. The Morgan fingerprint density at radius 3 is 2.68 bits per heavy atom. The van der Waals surface area contributed by atoms with Crippen LogP contribution in [0.25, 0.3) is 22.6 Å². The van der Waals surface area contributed by atoms with Gasteiger partial charge >= 0.3 is 0 Å². The summed E-state index contributed by atoms with van der Waals surface area (Å²) >= 11 is 0. The Hall–Kier alpha value is -3.28. The molecule has 0 aliphatic rings. The van der Waals surface area contributed by atoms with Gasteiger partial charge in [0.25, 0.3) is 0 Å². The first-order chi connectivity index (χ1) is 10.9. The highest BCUT2D eigenvalue weighted by molar-refractivity contribution is 5.80. The van der Waals surface area contributed by atoms with Crippen molar-refractivity contribution in [3.63, 3.8) is 0 Å². The maximum absolute atomic E-state index is 5.75. The van der Waals surface area contributed by atoms with Crippen LogP contribution in [0.3, 0.4) is 0 Å². The van der Waals surface area contributed by atoms with Crippen LogP contribution in [0.4, 0.5) is 11.6 Å². The van der Waals surface area contributed by atoms with Gasteiger partial charge in [0.05, 0.1) is 5.56 Å². The summed E-state index contributed by atoms with van der Waals surface area (Å²) in [5.74, 6) is 1.09. The van der Waals surface area contributed by atoms with Crippen LogP contribution < -0.4 is 5.32 Å². The minimum atomic E-state index is 0.540. The van der Waals surface area contributed by atoms with Crippen LogP contribution in [-0.4, -0.2) is 19.9 Å². The molecule has 3 aromatic heterocycles. The van der Waals surface area contributed by atoms with E-state index in [1.54, 1.807) is 30.9 Å². The van der Waals surface area contributed by atoms with E-state index in [9.17, 15) is 0 Å². The van der Waals surface area contributed by atoms with Gasteiger partial charge in [0, 0.05) is 30.5 Å². The molecule has 0 bridgehead atoms. The minimum Gasteiger partial charge on any atom is -0.436 e. The first kappa shape index (κ1) is 12.5. The Labute approximate surface area is 125 Å². The van der Waals surface area contributed by atoms with Crippen LogP contribution >= 0.6 is 0 Å². The van der Waals surface area contributed by atoms with Crippen molar-refractivity contribution < 1.29 is 4.42 Å². The normalized spacial score (nSPS) is 10.7. The molecule has 0 amide bonds. The van der Waals surface area contributed by atoms with Crippen LogP contribution in [-0.2, 0) is 0 Å². The third-order valence-electron chi connectivity index (χ3n) is 3.12. The zero-order chi connectivity index (χ0) is 14.8. The molecule has 0 saturated heterocycles. The molecular formula is C16H11N5O. The second kappa shape index (κ2) is 5.25. The number of oxazole rings is 1. The number of nitrogens with zero attached hydrogens (tertiary/aromatic N) is 4. The summed E-state index contributed by atoms with van der Waals surface area (Å²) in [6.45, 7) is 0. The Bertz CT molecular complexity index is 906. The summed E-state index contributed by atoms with van der Waals surface area (Å²) in [6, 6.07) is 11.2. The maximum atomic E-state index is 5.75. The fourth-order valence-corrected chi connectivity index (χ4v) is 2.11. The summed E-state index contributed by atoms with van der Waals surface area (Å²) < 4.78 is 5.75. The number of pyridine rings is 1. The molecule has 0 aliphatic heterocycles. The Kier molecular flexibility index (Phi) is 2.97. The van der Waals surface area contributed by atoms with Crippen molar-refractivity contribution in [1.82, 2.24) is 19.9 Å². The molecule has 22 heavy (non-hydrogen) atoms. The fraction of sp³-hybridized carbons (Fsp3) is 0. The molecule has 4 aromatic rings. The molecule has 0 spiro atoms. The molecule has 4 rings (SSSR count). The third kappa shape index (κ3) is 2.37. The smallest absolute Gasteiger partial charge is 0.228 e. The van der Waals surface area contributed by atoms with Crippen molar-refractivity contribution in [2.45, 2.75) is 0 Å². The molecule has 0 atom stereocenters. The van der Waals surface area contributed by atoms with E-state index < -0.39 is 0 Å². The number of anilines is 2. The van der Waals surface area contributed by atoms with E-state index in [-0.39, 0.29) is 0 Å². The zero-order valence-corrected chi connectivity index (χ0v) is 11.5. The molecule has 0 fully saturated rings. The molecule has 106 valence electrons. The molecule has 1 N–H and O–H groups in total. The highest BCUT2D eigenvalue weighted by Gasteiger charge is 2.09. The Morgan fingerprint density at radius 1 is 0.955 bits per heavy atom. The van der Waals surface area contributed by atoms with Gasteiger partial charge in [-0.1, -0.05) is 0 Å². The van der Waals surface area contributed by atoms with Gasteiger partial charge in [-0.05, 0) is 36.4 Å². The highest BCUT2D eigenvalue weighted by Crippen LogP contribution is 2.26. The van der Waals surface area contributed by atoms with Gasteiger partial charge in [0.1, 0.15) is 5.52 Å². The lowest BCUT2D eigenvalue weighted by Crippen LogP contribution is -1.95. The molecule has 1 aromatic carbocycles. The van der Waals surface area contributed by atoms with Gasteiger partial charge in [-0.15, -0.1) is 0 Å². The number of hydrogen-bond acceptors (Lipinski definition) is 6. The predicted molar refractivity (Wildman–Crippen MR) is 82.6 cm³/mol. The summed E-state index contributed by atoms with van der Waals surface area (Å²) in [5.41, 5.74) is 3.18. The topological polar surface area (TPSA) is 76.7 Å². The number of nitrogens with one attached hydrogen (secondary N) is 1. The quantitative estimate of drug-likeness (QED) is 0.622. The van der Waals surface area contributed by atoms with Crippen LogP contribution in [0.1, 0.15) is 0 Å². The molecule has 0 unspecified atom stereocenters. The van der Waals surface area contributed by atoms with Gasteiger partial charge in [-0.2, -0.15) is 0 Å². The lowest BCUT2D eigenvalue weighted by Gasteiger charge is -2.02. The summed E-state index contributed by atoms with van der Waals surface area (Å²) in [7, 11) is 0. The van der Waals surface area contributed by atoms with E-state index in [1.165, 1.54) is 0 Å². The summed E-state index contributed by atoms with van der Waals surface area (Å²) in [4.78, 5) is 16.8. The van der Waals surface area contributed by atoms with Crippen molar-refractivity contribution in [2.24, 2.45) is 0 Å².